The molecule has 82 valence electrons. The Bertz CT molecular complexity index is 308. The average Bonchev–Trinajstić information content (AvgIpc) is 2.28. The Hall–Kier alpha value is -0.870. The minimum atomic E-state index is 0. The van der Waals surface area contributed by atoms with Crippen LogP contribution in [0.1, 0.15) is 6.42 Å². The summed E-state index contributed by atoms with van der Waals surface area (Å²) < 4.78 is 5.80. The SMILES string of the molecule is Cl.c1cnc(OC2[C@@H]3CNC[C@H]2C3)cn1. The lowest BCUT2D eigenvalue weighted by molar-refractivity contribution is -0.0472. The number of nitrogens with one attached hydrogen (secondary N) is 1. The molecule has 1 aliphatic heterocycles. The molecule has 1 unspecified atom stereocenters. The minimum Gasteiger partial charge on any atom is -0.473 e. The summed E-state index contributed by atoms with van der Waals surface area (Å²) >= 11 is 0. The number of piperidine rings is 2. The lowest BCUT2D eigenvalue weighted by Gasteiger charge is -2.48. The maximum atomic E-state index is 5.80. The van der Waals surface area contributed by atoms with Crippen molar-refractivity contribution < 1.29 is 4.74 Å². The molecule has 2 aliphatic rings. The predicted molar refractivity (Wildman–Crippen MR) is 58.2 cm³/mol. The van der Waals surface area contributed by atoms with E-state index in [-0.39, 0.29) is 12.4 Å². The van der Waals surface area contributed by atoms with E-state index in [1.165, 1.54) is 6.42 Å². The van der Waals surface area contributed by atoms with Crippen LogP contribution < -0.4 is 10.1 Å². The van der Waals surface area contributed by atoms with Crippen molar-refractivity contribution in [2.75, 3.05) is 13.1 Å². The molecule has 15 heavy (non-hydrogen) atoms. The van der Waals surface area contributed by atoms with Gasteiger partial charge in [0, 0.05) is 37.3 Å². The highest BCUT2D eigenvalue weighted by atomic mass is 35.5. The first kappa shape index (κ1) is 10.6. The van der Waals surface area contributed by atoms with E-state index >= 15 is 0 Å². The molecule has 1 aromatic rings. The van der Waals surface area contributed by atoms with Crippen LogP contribution in [0.15, 0.2) is 18.6 Å². The summed E-state index contributed by atoms with van der Waals surface area (Å²) in [6.45, 7) is 2.17. The van der Waals surface area contributed by atoms with Gasteiger partial charge in [-0.3, -0.25) is 4.98 Å². The maximum Gasteiger partial charge on any atom is 0.232 e. The van der Waals surface area contributed by atoms with Crippen LogP contribution in [0.25, 0.3) is 0 Å². The van der Waals surface area contributed by atoms with Crippen LogP contribution in [0.5, 0.6) is 5.88 Å². The lowest BCUT2D eigenvalue weighted by atomic mass is 9.69. The number of hydrogen-bond donors (Lipinski definition) is 1. The smallest absolute Gasteiger partial charge is 0.232 e. The summed E-state index contributed by atoms with van der Waals surface area (Å²) in [5.74, 6) is 2.01. The molecule has 3 atom stereocenters. The van der Waals surface area contributed by atoms with Gasteiger partial charge in [-0.05, 0) is 6.42 Å². The van der Waals surface area contributed by atoms with E-state index in [2.05, 4.69) is 15.3 Å². The zero-order chi connectivity index (χ0) is 9.38. The molecule has 0 spiro atoms. The van der Waals surface area contributed by atoms with Gasteiger partial charge in [0.1, 0.15) is 6.10 Å². The van der Waals surface area contributed by atoms with Crippen molar-refractivity contribution in [3.05, 3.63) is 18.6 Å². The van der Waals surface area contributed by atoms with Gasteiger partial charge in [0.25, 0.3) is 0 Å². The van der Waals surface area contributed by atoms with Gasteiger partial charge in [0.2, 0.25) is 5.88 Å². The van der Waals surface area contributed by atoms with Gasteiger partial charge in [-0.1, -0.05) is 0 Å². The number of nitrogens with zero attached hydrogens (tertiary/aromatic N) is 2. The Morgan fingerprint density at radius 1 is 1.27 bits per heavy atom. The minimum absolute atomic E-state index is 0. The van der Waals surface area contributed by atoms with Gasteiger partial charge in [-0.25, -0.2) is 4.98 Å². The quantitative estimate of drug-likeness (QED) is 0.815. The molecule has 1 saturated heterocycles. The first-order valence-electron chi connectivity index (χ1n) is 5.07. The third-order valence-electron chi connectivity index (χ3n) is 3.14. The van der Waals surface area contributed by atoms with Crippen LogP contribution in [-0.4, -0.2) is 29.2 Å². The third-order valence-corrected chi connectivity index (χ3v) is 3.14. The monoisotopic (exact) mass is 227 g/mol. The van der Waals surface area contributed by atoms with E-state index in [9.17, 15) is 0 Å². The van der Waals surface area contributed by atoms with E-state index in [4.69, 9.17) is 4.74 Å². The van der Waals surface area contributed by atoms with E-state index in [1.807, 2.05) is 0 Å². The predicted octanol–water partition coefficient (Wildman–Crippen LogP) is 0.885. The van der Waals surface area contributed by atoms with E-state index < -0.39 is 0 Å². The Morgan fingerprint density at radius 2 is 2.07 bits per heavy atom. The Labute approximate surface area is 94.9 Å². The Kier molecular flexibility index (Phi) is 3.07. The highest BCUT2D eigenvalue weighted by molar-refractivity contribution is 5.85. The van der Waals surface area contributed by atoms with E-state index in [1.54, 1.807) is 18.6 Å². The van der Waals surface area contributed by atoms with Gasteiger partial charge in [-0.15, -0.1) is 12.4 Å². The van der Waals surface area contributed by atoms with Crippen molar-refractivity contribution in [1.82, 2.24) is 15.3 Å². The summed E-state index contributed by atoms with van der Waals surface area (Å²) in [6, 6.07) is 0. The summed E-state index contributed by atoms with van der Waals surface area (Å²) in [4.78, 5) is 8.11. The van der Waals surface area contributed by atoms with E-state index in [0.717, 1.165) is 13.1 Å². The molecule has 1 aliphatic carbocycles. The van der Waals surface area contributed by atoms with Crippen molar-refractivity contribution in [2.45, 2.75) is 12.5 Å². The second kappa shape index (κ2) is 4.33. The molecule has 2 bridgehead atoms. The highest BCUT2D eigenvalue weighted by Gasteiger charge is 2.45. The molecular formula is C10H14ClN3O. The zero-order valence-corrected chi connectivity index (χ0v) is 9.11. The molecule has 5 heteroatoms. The topological polar surface area (TPSA) is 47.0 Å². The van der Waals surface area contributed by atoms with Crippen LogP contribution in [-0.2, 0) is 0 Å². The highest BCUT2D eigenvalue weighted by Crippen LogP contribution is 2.38. The van der Waals surface area contributed by atoms with Gasteiger partial charge in [-0.2, -0.15) is 0 Å². The number of aromatic nitrogens is 2. The fourth-order valence-electron chi connectivity index (χ4n) is 2.38. The fraction of sp³-hybridized carbons (Fsp3) is 0.600. The molecule has 2 fully saturated rings. The number of fused-ring (bicyclic) bond motifs is 2. The summed E-state index contributed by atoms with van der Waals surface area (Å²) in [5.41, 5.74) is 0. The fourth-order valence-corrected chi connectivity index (χ4v) is 2.38. The largest absolute Gasteiger partial charge is 0.473 e. The van der Waals surface area contributed by atoms with Gasteiger partial charge >= 0.3 is 0 Å². The van der Waals surface area contributed by atoms with Crippen molar-refractivity contribution in [3.8, 4) is 5.88 Å². The van der Waals surface area contributed by atoms with Gasteiger partial charge in [0.15, 0.2) is 0 Å². The van der Waals surface area contributed by atoms with Crippen LogP contribution in [0.3, 0.4) is 0 Å². The molecule has 3 rings (SSSR count). The van der Waals surface area contributed by atoms with Gasteiger partial charge < -0.3 is 10.1 Å². The van der Waals surface area contributed by atoms with Crippen LogP contribution >= 0.6 is 12.4 Å². The number of halogens is 1. The normalized spacial score (nSPS) is 32.4. The number of rotatable bonds is 2. The number of ether oxygens (including phenoxy) is 1. The molecule has 2 heterocycles. The second-order valence-electron chi connectivity index (χ2n) is 4.04. The number of hydrogen-bond acceptors (Lipinski definition) is 4. The molecule has 4 nitrogen and oxygen atoms in total. The summed E-state index contributed by atoms with van der Waals surface area (Å²) in [7, 11) is 0. The maximum absolute atomic E-state index is 5.80. The molecule has 0 radical (unpaired) electrons. The van der Waals surface area contributed by atoms with Crippen LogP contribution in [0, 0.1) is 11.8 Å². The zero-order valence-electron chi connectivity index (χ0n) is 8.30. The summed E-state index contributed by atoms with van der Waals surface area (Å²) in [5, 5.41) is 3.38. The van der Waals surface area contributed by atoms with E-state index in [0.29, 0.717) is 23.8 Å². The molecular weight excluding hydrogens is 214 g/mol. The second-order valence-corrected chi connectivity index (χ2v) is 4.04. The first-order chi connectivity index (χ1) is 6.93. The van der Waals surface area contributed by atoms with Crippen molar-refractivity contribution >= 4 is 12.4 Å². The third kappa shape index (κ3) is 1.92. The van der Waals surface area contributed by atoms with Crippen molar-refractivity contribution in [1.29, 1.82) is 0 Å². The standard InChI is InChI=1S/C10H13N3O.ClH/c1-2-13-9(6-11-1)14-10-7-3-8(10)5-12-4-7;/h1-2,6-8,10,12H,3-5H2;1H/t7-,8+,10?;. The van der Waals surface area contributed by atoms with Crippen LogP contribution in [0.2, 0.25) is 0 Å². The van der Waals surface area contributed by atoms with Gasteiger partial charge in [0.05, 0.1) is 6.20 Å². The Morgan fingerprint density at radius 3 is 2.67 bits per heavy atom. The molecule has 0 amide bonds. The first-order valence-corrected chi connectivity index (χ1v) is 5.07. The summed E-state index contributed by atoms with van der Waals surface area (Å²) in [6.07, 6.45) is 6.69. The molecule has 1 aromatic heterocycles. The van der Waals surface area contributed by atoms with Crippen LogP contribution in [0.4, 0.5) is 0 Å². The molecule has 1 N–H and O–H groups in total. The molecule has 0 aromatic carbocycles. The lowest BCUT2D eigenvalue weighted by Crippen LogP contribution is -2.59. The average molecular weight is 228 g/mol. The molecule has 1 saturated carbocycles. The Balaban J connectivity index is 0.000000853. The van der Waals surface area contributed by atoms with Crippen molar-refractivity contribution in [3.63, 3.8) is 0 Å². The van der Waals surface area contributed by atoms with Crippen molar-refractivity contribution in [2.24, 2.45) is 11.8 Å².